The monoisotopic (exact) mass is 306 g/mol. The van der Waals surface area contributed by atoms with Gasteiger partial charge in [-0.1, -0.05) is 0 Å². The third-order valence-corrected chi connectivity index (χ3v) is 4.73. The minimum absolute atomic E-state index is 0.0305. The van der Waals surface area contributed by atoms with Crippen LogP contribution in [-0.4, -0.2) is 42.5 Å². The topological polar surface area (TPSA) is 70.5 Å². The van der Waals surface area contributed by atoms with Gasteiger partial charge in [-0.2, -0.15) is 4.31 Å². The average Bonchev–Trinajstić information content (AvgIpc) is 2.15. The van der Waals surface area contributed by atoms with Crippen LogP contribution in [0.3, 0.4) is 0 Å². The lowest BCUT2D eigenvalue weighted by molar-refractivity contribution is 0.117. The highest BCUT2D eigenvalue weighted by atomic mass is 79.9. The van der Waals surface area contributed by atoms with Gasteiger partial charge < -0.3 is 5.11 Å². The van der Waals surface area contributed by atoms with Gasteiger partial charge in [0.05, 0.1) is 0 Å². The summed E-state index contributed by atoms with van der Waals surface area (Å²) >= 11 is 3.18. The molecule has 5 nitrogen and oxygen atoms in total. The van der Waals surface area contributed by atoms with Gasteiger partial charge in [0.25, 0.3) is 0 Å². The fraction of sp³-hybridized carbons (Fsp3) is 0.444. The highest BCUT2D eigenvalue weighted by molar-refractivity contribution is 9.10. The van der Waals surface area contributed by atoms with Crippen LogP contribution >= 0.6 is 15.9 Å². The Kier molecular flexibility index (Phi) is 3.29. The third-order valence-electron chi connectivity index (χ3n) is 2.50. The van der Waals surface area contributed by atoms with Crippen molar-refractivity contribution in [2.45, 2.75) is 4.90 Å². The molecule has 7 heteroatoms. The van der Waals surface area contributed by atoms with Crippen LogP contribution in [0.15, 0.2) is 27.8 Å². The molecular weight excluding hydrogens is 296 g/mol. The van der Waals surface area contributed by atoms with E-state index < -0.39 is 10.0 Å². The van der Waals surface area contributed by atoms with E-state index in [1.165, 1.54) is 22.8 Å². The fourth-order valence-electron chi connectivity index (χ4n) is 1.52. The molecule has 0 amide bonds. The quantitative estimate of drug-likeness (QED) is 0.880. The number of aromatic nitrogens is 1. The van der Waals surface area contributed by atoms with Gasteiger partial charge in [-0.15, -0.1) is 0 Å². The van der Waals surface area contributed by atoms with Crippen molar-refractivity contribution in [1.29, 1.82) is 0 Å². The van der Waals surface area contributed by atoms with E-state index in [4.69, 9.17) is 5.11 Å². The molecule has 1 aliphatic rings. The largest absolute Gasteiger partial charge is 0.396 e. The van der Waals surface area contributed by atoms with Crippen molar-refractivity contribution < 1.29 is 13.5 Å². The molecule has 0 unspecified atom stereocenters. The minimum atomic E-state index is -3.44. The van der Waals surface area contributed by atoms with Crippen LogP contribution in [0.2, 0.25) is 0 Å². The maximum Gasteiger partial charge on any atom is 0.244 e. The summed E-state index contributed by atoms with van der Waals surface area (Å²) in [7, 11) is -3.44. The summed E-state index contributed by atoms with van der Waals surface area (Å²) in [6.45, 7) is 0.791. The van der Waals surface area contributed by atoms with Crippen molar-refractivity contribution >= 4 is 26.0 Å². The number of halogens is 1. The summed E-state index contributed by atoms with van der Waals surface area (Å²) < 4.78 is 26.0. The van der Waals surface area contributed by atoms with Crippen molar-refractivity contribution in [3.63, 3.8) is 0 Å². The van der Waals surface area contributed by atoms with Crippen molar-refractivity contribution in [3.8, 4) is 0 Å². The minimum Gasteiger partial charge on any atom is -0.396 e. The molecule has 0 atom stereocenters. The highest BCUT2D eigenvalue weighted by Gasteiger charge is 2.36. The Morgan fingerprint density at radius 1 is 1.50 bits per heavy atom. The molecule has 16 heavy (non-hydrogen) atoms. The molecule has 2 rings (SSSR count). The van der Waals surface area contributed by atoms with E-state index in [1.54, 1.807) is 0 Å². The normalized spacial score (nSPS) is 18.4. The summed E-state index contributed by atoms with van der Waals surface area (Å²) in [5.74, 6) is 0.0647. The summed E-state index contributed by atoms with van der Waals surface area (Å²) in [5.41, 5.74) is 0. The Morgan fingerprint density at radius 3 is 2.75 bits per heavy atom. The van der Waals surface area contributed by atoms with Crippen LogP contribution < -0.4 is 0 Å². The van der Waals surface area contributed by atoms with Gasteiger partial charge in [-0.3, -0.25) is 4.98 Å². The van der Waals surface area contributed by atoms with Crippen LogP contribution in [0.1, 0.15) is 0 Å². The molecule has 0 bridgehead atoms. The maximum atomic E-state index is 12.0. The van der Waals surface area contributed by atoms with Crippen molar-refractivity contribution in [2.75, 3.05) is 19.7 Å². The Morgan fingerprint density at radius 2 is 2.19 bits per heavy atom. The predicted octanol–water partition coefficient (Wildman–Crippen LogP) is 0.457. The van der Waals surface area contributed by atoms with Gasteiger partial charge in [0.15, 0.2) is 0 Å². The van der Waals surface area contributed by atoms with E-state index in [0.717, 1.165) is 0 Å². The number of hydrogen-bond donors (Lipinski definition) is 1. The first kappa shape index (κ1) is 12.0. The number of pyridine rings is 1. The third kappa shape index (κ3) is 2.13. The lowest BCUT2D eigenvalue weighted by Gasteiger charge is -2.36. The Balaban J connectivity index is 2.21. The first-order valence-corrected chi connectivity index (χ1v) is 6.99. The molecule has 1 aromatic heterocycles. The van der Waals surface area contributed by atoms with Crippen LogP contribution in [0.25, 0.3) is 0 Å². The second-order valence-electron chi connectivity index (χ2n) is 3.71. The maximum absolute atomic E-state index is 12.0. The SMILES string of the molecule is O=S(=O)(c1cncc(Br)c1)N1CC(CO)C1. The molecule has 0 saturated carbocycles. The second kappa shape index (κ2) is 4.40. The fourth-order valence-corrected chi connectivity index (χ4v) is 3.62. The Hall–Kier alpha value is -0.500. The highest BCUT2D eigenvalue weighted by Crippen LogP contribution is 2.25. The zero-order chi connectivity index (χ0) is 11.8. The van der Waals surface area contributed by atoms with Crippen LogP contribution in [0.4, 0.5) is 0 Å². The molecule has 88 valence electrons. The molecule has 1 fully saturated rings. The molecule has 0 aromatic carbocycles. The number of sulfonamides is 1. The lowest BCUT2D eigenvalue weighted by atomic mass is 10.1. The van der Waals surface area contributed by atoms with E-state index in [2.05, 4.69) is 20.9 Å². The van der Waals surface area contributed by atoms with Crippen molar-refractivity contribution in [1.82, 2.24) is 9.29 Å². The van der Waals surface area contributed by atoms with Gasteiger partial charge in [-0.05, 0) is 22.0 Å². The second-order valence-corrected chi connectivity index (χ2v) is 6.56. The van der Waals surface area contributed by atoms with Crippen LogP contribution in [-0.2, 0) is 10.0 Å². The van der Waals surface area contributed by atoms with E-state index in [0.29, 0.717) is 17.6 Å². The molecule has 1 aromatic rings. The smallest absolute Gasteiger partial charge is 0.244 e. The van der Waals surface area contributed by atoms with Crippen LogP contribution in [0.5, 0.6) is 0 Å². The standard InChI is InChI=1S/C9H11BrN2O3S/c10-8-1-9(3-11-2-8)16(14,15)12-4-7(5-12)6-13/h1-3,7,13H,4-6H2. The van der Waals surface area contributed by atoms with Gasteiger partial charge >= 0.3 is 0 Å². The van der Waals surface area contributed by atoms with E-state index >= 15 is 0 Å². The summed E-state index contributed by atoms with van der Waals surface area (Å²) in [4.78, 5) is 4.01. The average molecular weight is 307 g/mol. The van der Waals surface area contributed by atoms with Gasteiger partial charge in [0.1, 0.15) is 4.90 Å². The molecule has 1 saturated heterocycles. The lowest BCUT2D eigenvalue weighted by Crippen LogP contribution is -2.51. The van der Waals surface area contributed by atoms with Crippen molar-refractivity contribution in [3.05, 3.63) is 22.9 Å². The zero-order valence-electron chi connectivity index (χ0n) is 8.38. The first-order chi connectivity index (χ1) is 7.54. The number of rotatable bonds is 3. The zero-order valence-corrected chi connectivity index (χ0v) is 10.8. The predicted molar refractivity (Wildman–Crippen MR) is 61.3 cm³/mol. The van der Waals surface area contributed by atoms with E-state index in [9.17, 15) is 8.42 Å². The summed E-state index contributed by atoms with van der Waals surface area (Å²) in [6, 6.07) is 1.52. The summed E-state index contributed by atoms with van der Waals surface area (Å²) in [6.07, 6.45) is 2.86. The molecule has 1 aliphatic heterocycles. The van der Waals surface area contributed by atoms with Gasteiger partial charge in [0.2, 0.25) is 10.0 Å². The van der Waals surface area contributed by atoms with Crippen LogP contribution in [0, 0.1) is 5.92 Å². The Labute approximate surface area is 102 Å². The molecule has 2 heterocycles. The van der Waals surface area contributed by atoms with E-state index in [-0.39, 0.29) is 17.4 Å². The first-order valence-electron chi connectivity index (χ1n) is 4.75. The van der Waals surface area contributed by atoms with Gasteiger partial charge in [0, 0.05) is 42.5 Å². The molecule has 0 aliphatic carbocycles. The van der Waals surface area contributed by atoms with E-state index in [1.807, 2.05) is 0 Å². The summed E-state index contributed by atoms with van der Waals surface area (Å²) in [5, 5.41) is 8.84. The molecule has 0 spiro atoms. The number of nitrogens with zero attached hydrogens (tertiary/aromatic N) is 2. The van der Waals surface area contributed by atoms with Gasteiger partial charge in [-0.25, -0.2) is 8.42 Å². The molecular formula is C9H11BrN2O3S. The number of aliphatic hydroxyl groups is 1. The van der Waals surface area contributed by atoms with Crippen molar-refractivity contribution in [2.24, 2.45) is 5.92 Å². The molecule has 0 radical (unpaired) electrons. The number of hydrogen-bond acceptors (Lipinski definition) is 4. The Bertz CT molecular complexity index is 485. The molecule has 1 N–H and O–H groups in total. The number of aliphatic hydroxyl groups excluding tert-OH is 1.